The summed E-state index contributed by atoms with van der Waals surface area (Å²) in [6.07, 6.45) is 2.26. The minimum atomic E-state index is -3.34. The van der Waals surface area contributed by atoms with Gasteiger partial charge in [-0.1, -0.05) is 6.92 Å². The molecule has 112 valence electrons. The maximum Gasteiger partial charge on any atom is 0.240 e. The molecule has 1 saturated heterocycles. The standard InChI is InChI=1S/C14H23N3O2S/c1-3-16-12-8-10-17(11-9-12)13-4-6-14(7-5-13)20(18,19)15-2/h4-7,12,15-16H,3,8-11H2,1-2H3. The summed E-state index contributed by atoms with van der Waals surface area (Å²) in [6, 6.07) is 7.71. The number of hydrogen-bond acceptors (Lipinski definition) is 4. The molecule has 1 aliphatic heterocycles. The molecule has 0 amide bonds. The zero-order valence-electron chi connectivity index (χ0n) is 12.1. The van der Waals surface area contributed by atoms with Gasteiger partial charge in [0.1, 0.15) is 0 Å². The average Bonchev–Trinajstić information content (AvgIpc) is 2.48. The van der Waals surface area contributed by atoms with Crippen molar-refractivity contribution in [2.45, 2.75) is 30.7 Å². The second kappa shape index (κ2) is 6.56. The minimum absolute atomic E-state index is 0.311. The molecule has 1 aliphatic rings. The summed E-state index contributed by atoms with van der Waals surface area (Å²) >= 11 is 0. The molecule has 1 heterocycles. The van der Waals surface area contributed by atoms with Gasteiger partial charge in [0.15, 0.2) is 0 Å². The van der Waals surface area contributed by atoms with Gasteiger partial charge in [-0.25, -0.2) is 13.1 Å². The van der Waals surface area contributed by atoms with E-state index in [1.54, 1.807) is 12.1 Å². The fourth-order valence-corrected chi connectivity index (χ4v) is 3.31. The predicted octanol–water partition coefficient (Wildman–Crippen LogP) is 1.17. The topological polar surface area (TPSA) is 61.4 Å². The maximum atomic E-state index is 11.7. The molecule has 2 rings (SSSR count). The summed E-state index contributed by atoms with van der Waals surface area (Å²) in [6.45, 7) is 5.17. The van der Waals surface area contributed by atoms with Crippen LogP contribution in [0.3, 0.4) is 0 Å². The first-order valence-corrected chi connectivity index (χ1v) is 8.57. The van der Waals surface area contributed by atoms with Crippen LogP contribution < -0.4 is 14.9 Å². The molecule has 2 N–H and O–H groups in total. The first-order chi connectivity index (χ1) is 9.56. The Morgan fingerprint density at radius 3 is 2.30 bits per heavy atom. The van der Waals surface area contributed by atoms with Crippen molar-refractivity contribution in [3.05, 3.63) is 24.3 Å². The van der Waals surface area contributed by atoms with Gasteiger partial charge in [-0.3, -0.25) is 0 Å². The van der Waals surface area contributed by atoms with Gasteiger partial charge < -0.3 is 10.2 Å². The Kier molecular flexibility index (Phi) is 5.01. The van der Waals surface area contributed by atoms with Crippen molar-refractivity contribution in [3.8, 4) is 0 Å². The first kappa shape index (κ1) is 15.3. The maximum absolute atomic E-state index is 11.7. The Morgan fingerprint density at radius 1 is 1.20 bits per heavy atom. The molecule has 0 bridgehead atoms. The van der Waals surface area contributed by atoms with Gasteiger partial charge in [0.25, 0.3) is 0 Å². The van der Waals surface area contributed by atoms with Crippen molar-refractivity contribution in [2.75, 3.05) is 31.6 Å². The number of benzene rings is 1. The van der Waals surface area contributed by atoms with Crippen molar-refractivity contribution >= 4 is 15.7 Å². The molecule has 0 spiro atoms. The van der Waals surface area contributed by atoms with Crippen LogP contribution in [-0.2, 0) is 10.0 Å². The van der Waals surface area contributed by atoms with Crippen LogP contribution in [0.25, 0.3) is 0 Å². The van der Waals surface area contributed by atoms with E-state index in [1.165, 1.54) is 7.05 Å². The quantitative estimate of drug-likeness (QED) is 0.856. The number of hydrogen-bond donors (Lipinski definition) is 2. The van der Waals surface area contributed by atoms with Crippen LogP contribution in [0, 0.1) is 0 Å². The summed E-state index contributed by atoms with van der Waals surface area (Å²) in [5, 5.41) is 3.48. The lowest BCUT2D eigenvalue weighted by atomic mass is 10.0. The number of rotatable bonds is 5. The van der Waals surface area contributed by atoms with E-state index >= 15 is 0 Å². The van der Waals surface area contributed by atoms with Crippen LogP contribution in [0.15, 0.2) is 29.2 Å². The van der Waals surface area contributed by atoms with Crippen LogP contribution in [0.2, 0.25) is 0 Å². The van der Waals surface area contributed by atoms with Crippen molar-refractivity contribution < 1.29 is 8.42 Å². The number of anilines is 1. The second-order valence-corrected chi connectivity index (χ2v) is 6.91. The van der Waals surface area contributed by atoms with E-state index in [-0.39, 0.29) is 0 Å². The zero-order valence-corrected chi connectivity index (χ0v) is 12.9. The molecule has 1 aromatic rings. The molecule has 0 unspecified atom stereocenters. The highest BCUT2D eigenvalue weighted by atomic mass is 32.2. The summed E-state index contributed by atoms with van der Waals surface area (Å²) < 4.78 is 25.7. The van der Waals surface area contributed by atoms with E-state index < -0.39 is 10.0 Å². The van der Waals surface area contributed by atoms with E-state index in [2.05, 4.69) is 21.9 Å². The van der Waals surface area contributed by atoms with E-state index in [0.717, 1.165) is 38.2 Å². The Morgan fingerprint density at radius 2 is 1.80 bits per heavy atom. The van der Waals surface area contributed by atoms with Crippen LogP contribution in [0.1, 0.15) is 19.8 Å². The Balaban J connectivity index is 2.01. The fraction of sp³-hybridized carbons (Fsp3) is 0.571. The molecule has 0 atom stereocenters. The zero-order chi connectivity index (χ0) is 14.6. The van der Waals surface area contributed by atoms with Gasteiger partial charge in [-0.15, -0.1) is 0 Å². The van der Waals surface area contributed by atoms with Crippen molar-refractivity contribution in [2.24, 2.45) is 0 Å². The van der Waals surface area contributed by atoms with Gasteiger partial charge in [0, 0.05) is 24.8 Å². The monoisotopic (exact) mass is 297 g/mol. The molecule has 20 heavy (non-hydrogen) atoms. The van der Waals surface area contributed by atoms with Gasteiger partial charge >= 0.3 is 0 Å². The van der Waals surface area contributed by atoms with Crippen molar-refractivity contribution in [1.82, 2.24) is 10.0 Å². The SMILES string of the molecule is CCNC1CCN(c2ccc(S(=O)(=O)NC)cc2)CC1. The molecule has 1 fully saturated rings. The highest BCUT2D eigenvalue weighted by molar-refractivity contribution is 7.89. The van der Waals surface area contributed by atoms with E-state index in [4.69, 9.17) is 0 Å². The van der Waals surface area contributed by atoms with Crippen LogP contribution in [0.5, 0.6) is 0 Å². The smallest absolute Gasteiger partial charge is 0.240 e. The third-order valence-electron chi connectivity index (χ3n) is 3.77. The Labute approximate surface area is 121 Å². The lowest BCUT2D eigenvalue weighted by Gasteiger charge is -2.34. The molecule has 6 heteroatoms. The van der Waals surface area contributed by atoms with Crippen LogP contribution in [0.4, 0.5) is 5.69 Å². The van der Waals surface area contributed by atoms with Gasteiger partial charge in [0.2, 0.25) is 10.0 Å². The van der Waals surface area contributed by atoms with Crippen LogP contribution in [-0.4, -0.2) is 41.1 Å². The molecule has 0 radical (unpaired) electrons. The van der Waals surface area contributed by atoms with E-state index in [0.29, 0.717) is 10.9 Å². The molecule has 1 aromatic carbocycles. The van der Waals surface area contributed by atoms with Gasteiger partial charge in [0.05, 0.1) is 4.90 Å². The third-order valence-corrected chi connectivity index (χ3v) is 5.20. The number of nitrogens with zero attached hydrogens (tertiary/aromatic N) is 1. The fourth-order valence-electron chi connectivity index (χ4n) is 2.58. The largest absolute Gasteiger partial charge is 0.371 e. The molecule has 0 aromatic heterocycles. The number of piperidine rings is 1. The Bertz CT molecular complexity index is 520. The molecule has 0 saturated carbocycles. The number of sulfonamides is 1. The minimum Gasteiger partial charge on any atom is -0.371 e. The number of nitrogens with one attached hydrogen (secondary N) is 2. The molecular formula is C14H23N3O2S. The summed E-state index contributed by atoms with van der Waals surface area (Å²) in [4.78, 5) is 2.62. The Hall–Kier alpha value is -1.11. The van der Waals surface area contributed by atoms with Crippen LogP contribution >= 0.6 is 0 Å². The third kappa shape index (κ3) is 3.50. The van der Waals surface area contributed by atoms with E-state index in [1.807, 2.05) is 12.1 Å². The molecular weight excluding hydrogens is 274 g/mol. The summed E-state index contributed by atoms with van der Waals surface area (Å²) in [5.74, 6) is 0. The lowest BCUT2D eigenvalue weighted by Crippen LogP contribution is -2.42. The summed E-state index contributed by atoms with van der Waals surface area (Å²) in [7, 11) is -1.91. The molecule has 5 nitrogen and oxygen atoms in total. The van der Waals surface area contributed by atoms with Gasteiger partial charge in [-0.05, 0) is 50.7 Å². The highest BCUT2D eigenvalue weighted by Crippen LogP contribution is 2.21. The summed E-state index contributed by atoms with van der Waals surface area (Å²) in [5.41, 5.74) is 1.09. The normalized spacial score (nSPS) is 17.4. The highest BCUT2D eigenvalue weighted by Gasteiger charge is 2.19. The van der Waals surface area contributed by atoms with E-state index in [9.17, 15) is 8.42 Å². The average molecular weight is 297 g/mol. The molecule has 0 aliphatic carbocycles. The van der Waals surface area contributed by atoms with Gasteiger partial charge in [-0.2, -0.15) is 0 Å². The second-order valence-electron chi connectivity index (χ2n) is 5.02. The van der Waals surface area contributed by atoms with Crippen molar-refractivity contribution in [3.63, 3.8) is 0 Å². The predicted molar refractivity (Wildman–Crippen MR) is 81.6 cm³/mol. The first-order valence-electron chi connectivity index (χ1n) is 7.08. The lowest BCUT2D eigenvalue weighted by molar-refractivity contribution is 0.424. The van der Waals surface area contributed by atoms with Crippen molar-refractivity contribution in [1.29, 1.82) is 0 Å².